The van der Waals surface area contributed by atoms with Gasteiger partial charge < -0.3 is 10.6 Å². The van der Waals surface area contributed by atoms with Crippen LogP contribution in [0.15, 0.2) is 59.7 Å². The van der Waals surface area contributed by atoms with Crippen LogP contribution in [0, 0.1) is 0 Å². The maximum absolute atomic E-state index is 12.1. The van der Waals surface area contributed by atoms with Crippen LogP contribution >= 0.6 is 0 Å². The molecular formula is C20H22N4O3. The van der Waals surface area contributed by atoms with Crippen LogP contribution in [0.1, 0.15) is 25.8 Å². The fourth-order valence-corrected chi connectivity index (χ4v) is 2.32. The number of para-hydroxylation sites is 2. The Hall–Kier alpha value is -3.48. The summed E-state index contributed by atoms with van der Waals surface area (Å²) < 4.78 is 0. The largest absolute Gasteiger partial charge is 0.329 e. The van der Waals surface area contributed by atoms with Crippen LogP contribution in [-0.2, 0) is 20.8 Å². The Morgan fingerprint density at radius 2 is 1.56 bits per heavy atom. The van der Waals surface area contributed by atoms with E-state index in [0.29, 0.717) is 11.4 Å². The number of anilines is 2. The molecule has 2 rings (SSSR count). The van der Waals surface area contributed by atoms with E-state index in [9.17, 15) is 14.4 Å². The number of hydrogen-bond acceptors (Lipinski definition) is 4. The first-order chi connectivity index (χ1) is 13.0. The predicted octanol–water partition coefficient (Wildman–Crippen LogP) is 2.71. The standard InChI is InChI=1S/C20H22N4O3/c1-3-15-9-7-8-12-17(15)22-18(25)13-14(2)23-24-20(27)19(26)21-16-10-5-4-6-11-16/h4-12H,3,13H2,1-2H3,(H,21,26)(H,22,25)(H,24,27)/b23-14+. The van der Waals surface area contributed by atoms with E-state index in [1.165, 1.54) is 0 Å². The van der Waals surface area contributed by atoms with E-state index >= 15 is 0 Å². The Balaban J connectivity index is 1.85. The van der Waals surface area contributed by atoms with Crippen LogP contribution < -0.4 is 16.1 Å². The van der Waals surface area contributed by atoms with Crippen LogP contribution in [0.5, 0.6) is 0 Å². The maximum Gasteiger partial charge on any atom is 0.329 e. The molecule has 27 heavy (non-hydrogen) atoms. The van der Waals surface area contributed by atoms with Gasteiger partial charge in [-0.1, -0.05) is 43.3 Å². The molecule has 2 aromatic rings. The zero-order chi connectivity index (χ0) is 19.6. The summed E-state index contributed by atoms with van der Waals surface area (Å²) in [6.07, 6.45) is 0.800. The highest BCUT2D eigenvalue weighted by Gasteiger charge is 2.13. The Morgan fingerprint density at radius 3 is 2.26 bits per heavy atom. The number of hydrogen-bond donors (Lipinski definition) is 3. The van der Waals surface area contributed by atoms with E-state index in [4.69, 9.17) is 0 Å². The smallest absolute Gasteiger partial charge is 0.326 e. The molecule has 140 valence electrons. The van der Waals surface area contributed by atoms with Crippen molar-refractivity contribution in [1.82, 2.24) is 5.43 Å². The highest BCUT2D eigenvalue weighted by Crippen LogP contribution is 2.15. The molecule has 3 amide bonds. The second-order valence-corrected chi connectivity index (χ2v) is 5.84. The molecular weight excluding hydrogens is 344 g/mol. The molecule has 0 aliphatic rings. The van der Waals surface area contributed by atoms with E-state index < -0.39 is 11.8 Å². The van der Waals surface area contributed by atoms with Gasteiger partial charge in [0.2, 0.25) is 5.91 Å². The van der Waals surface area contributed by atoms with Gasteiger partial charge in [0, 0.05) is 17.1 Å². The van der Waals surface area contributed by atoms with Gasteiger partial charge in [0.15, 0.2) is 0 Å². The van der Waals surface area contributed by atoms with Crippen molar-refractivity contribution in [3.63, 3.8) is 0 Å². The Bertz CT molecular complexity index is 847. The number of nitrogens with zero attached hydrogens (tertiary/aromatic N) is 1. The van der Waals surface area contributed by atoms with Gasteiger partial charge in [-0.2, -0.15) is 5.10 Å². The summed E-state index contributed by atoms with van der Waals surface area (Å²) in [6, 6.07) is 16.2. The van der Waals surface area contributed by atoms with Crippen molar-refractivity contribution < 1.29 is 14.4 Å². The molecule has 0 heterocycles. The van der Waals surface area contributed by atoms with Crippen LogP contribution in [0.3, 0.4) is 0 Å². The Kier molecular flexibility index (Phi) is 7.25. The van der Waals surface area contributed by atoms with E-state index in [1.54, 1.807) is 37.3 Å². The minimum absolute atomic E-state index is 0.00136. The molecule has 0 unspecified atom stereocenters. The van der Waals surface area contributed by atoms with Gasteiger partial charge in [0.25, 0.3) is 0 Å². The fourth-order valence-electron chi connectivity index (χ4n) is 2.32. The minimum Gasteiger partial charge on any atom is -0.326 e. The summed E-state index contributed by atoms with van der Waals surface area (Å²) in [5.74, 6) is -1.99. The molecule has 0 aliphatic carbocycles. The number of amides is 3. The zero-order valence-corrected chi connectivity index (χ0v) is 15.3. The average molecular weight is 366 g/mol. The summed E-state index contributed by atoms with van der Waals surface area (Å²) in [5.41, 5.74) is 4.82. The second kappa shape index (κ2) is 9.86. The van der Waals surface area contributed by atoms with Crippen molar-refractivity contribution >= 4 is 34.8 Å². The average Bonchev–Trinajstić information content (AvgIpc) is 2.67. The van der Waals surface area contributed by atoms with E-state index in [0.717, 1.165) is 17.7 Å². The molecule has 0 radical (unpaired) electrons. The summed E-state index contributed by atoms with van der Waals surface area (Å²) in [7, 11) is 0. The SMILES string of the molecule is CCc1ccccc1NC(=O)C/C(C)=N/NC(=O)C(=O)Nc1ccccc1. The van der Waals surface area contributed by atoms with E-state index in [-0.39, 0.29) is 12.3 Å². The lowest BCUT2D eigenvalue weighted by atomic mass is 10.1. The molecule has 0 spiro atoms. The zero-order valence-electron chi connectivity index (χ0n) is 15.3. The second-order valence-electron chi connectivity index (χ2n) is 5.84. The monoisotopic (exact) mass is 366 g/mol. The van der Waals surface area contributed by atoms with Crippen molar-refractivity contribution in [3.05, 3.63) is 60.2 Å². The molecule has 0 aliphatic heterocycles. The number of carbonyl (C=O) groups excluding carboxylic acids is 3. The molecule has 0 aromatic heterocycles. The third-order valence-corrected chi connectivity index (χ3v) is 3.67. The number of hydrazone groups is 1. The van der Waals surface area contributed by atoms with Gasteiger partial charge in [-0.05, 0) is 37.1 Å². The summed E-state index contributed by atoms with van der Waals surface area (Å²) in [4.78, 5) is 35.7. The lowest BCUT2D eigenvalue weighted by Gasteiger charge is -2.09. The van der Waals surface area contributed by atoms with Crippen LogP contribution in [-0.4, -0.2) is 23.4 Å². The van der Waals surface area contributed by atoms with Gasteiger partial charge in [-0.15, -0.1) is 0 Å². The molecule has 3 N–H and O–H groups in total. The molecule has 2 aromatic carbocycles. The topological polar surface area (TPSA) is 99.7 Å². The number of rotatable bonds is 6. The van der Waals surface area contributed by atoms with Gasteiger partial charge >= 0.3 is 11.8 Å². The predicted molar refractivity (Wildman–Crippen MR) is 105 cm³/mol. The van der Waals surface area contributed by atoms with Crippen molar-refractivity contribution in [2.24, 2.45) is 5.10 Å². The van der Waals surface area contributed by atoms with Gasteiger partial charge in [0.1, 0.15) is 0 Å². The summed E-state index contributed by atoms with van der Waals surface area (Å²) in [5, 5.41) is 9.08. The number of benzene rings is 2. The molecule has 0 atom stereocenters. The van der Waals surface area contributed by atoms with Crippen LogP contribution in [0.2, 0.25) is 0 Å². The number of aryl methyl sites for hydroxylation is 1. The molecule has 0 bridgehead atoms. The molecule has 0 saturated carbocycles. The third kappa shape index (κ3) is 6.39. The van der Waals surface area contributed by atoms with Gasteiger partial charge in [-0.25, -0.2) is 5.43 Å². The van der Waals surface area contributed by atoms with E-state index in [1.807, 2.05) is 31.2 Å². The maximum atomic E-state index is 12.1. The summed E-state index contributed by atoms with van der Waals surface area (Å²) >= 11 is 0. The van der Waals surface area contributed by atoms with Crippen molar-refractivity contribution in [3.8, 4) is 0 Å². The number of carbonyl (C=O) groups is 3. The molecule has 0 fully saturated rings. The third-order valence-electron chi connectivity index (χ3n) is 3.67. The molecule has 7 nitrogen and oxygen atoms in total. The normalized spacial score (nSPS) is 10.8. The summed E-state index contributed by atoms with van der Waals surface area (Å²) in [6.45, 7) is 3.61. The molecule has 0 saturated heterocycles. The van der Waals surface area contributed by atoms with E-state index in [2.05, 4.69) is 21.2 Å². The van der Waals surface area contributed by atoms with Gasteiger partial charge in [0.05, 0.1) is 6.42 Å². The first-order valence-corrected chi connectivity index (χ1v) is 8.57. The fraction of sp³-hybridized carbons (Fsp3) is 0.200. The van der Waals surface area contributed by atoms with Gasteiger partial charge in [-0.3, -0.25) is 14.4 Å². The Morgan fingerprint density at radius 1 is 0.889 bits per heavy atom. The lowest BCUT2D eigenvalue weighted by Crippen LogP contribution is -2.33. The highest BCUT2D eigenvalue weighted by molar-refractivity contribution is 6.39. The quantitative estimate of drug-likeness (QED) is 0.416. The molecule has 7 heteroatoms. The highest BCUT2D eigenvalue weighted by atomic mass is 16.2. The Labute approximate surface area is 157 Å². The van der Waals surface area contributed by atoms with Crippen molar-refractivity contribution in [2.75, 3.05) is 10.6 Å². The van der Waals surface area contributed by atoms with Crippen molar-refractivity contribution in [1.29, 1.82) is 0 Å². The first-order valence-electron chi connectivity index (χ1n) is 8.57. The van der Waals surface area contributed by atoms with Crippen molar-refractivity contribution in [2.45, 2.75) is 26.7 Å². The first kappa shape index (κ1) is 19.8. The van der Waals surface area contributed by atoms with Crippen LogP contribution in [0.25, 0.3) is 0 Å². The number of nitrogens with one attached hydrogen (secondary N) is 3. The minimum atomic E-state index is -0.907. The van der Waals surface area contributed by atoms with Crippen LogP contribution in [0.4, 0.5) is 11.4 Å². The lowest BCUT2D eigenvalue weighted by molar-refractivity contribution is -0.136.